The molecule has 0 spiro atoms. The first kappa shape index (κ1) is 21.1. The minimum absolute atomic E-state index is 0.113. The van der Waals surface area contributed by atoms with E-state index in [2.05, 4.69) is 28.8 Å². The van der Waals surface area contributed by atoms with Crippen LogP contribution in [0.4, 0.5) is 10.1 Å². The summed E-state index contributed by atoms with van der Waals surface area (Å²) in [7, 11) is 0. The van der Waals surface area contributed by atoms with Crippen molar-refractivity contribution < 1.29 is 9.18 Å². The Labute approximate surface area is 165 Å². The lowest BCUT2D eigenvalue weighted by Gasteiger charge is -2.14. The monoisotopic (exact) mass is 379 g/mol. The smallest absolute Gasteiger partial charge is 0.227 e. The van der Waals surface area contributed by atoms with E-state index >= 15 is 0 Å². The molecule has 146 valence electrons. The van der Waals surface area contributed by atoms with Gasteiger partial charge in [-0.1, -0.05) is 44.3 Å². The standard InChI is InChI=1S/C23H26FN3O/c1-5-25-22(21-9-7-6-8-16(21)2)26-18(4)11-10-17(3)23(28)27-20-14-12-19(24)13-15-20/h5-9,12-15,17,26H,2,4,10-11H2,1,3H3,(H,27,28)/b22-21+,25-5-. The summed E-state index contributed by atoms with van der Waals surface area (Å²) in [6.45, 7) is 11.8. The van der Waals surface area contributed by atoms with Crippen LogP contribution in [0.2, 0.25) is 0 Å². The van der Waals surface area contributed by atoms with Gasteiger partial charge < -0.3 is 10.6 Å². The number of allylic oxidation sites excluding steroid dienone is 1. The fourth-order valence-electron chi connectivity index (χ4n) is 2.60. The second kappa shape index (κ2) is 10.2. The lowest BCUT2D eigenvalue weighted by atomic mass is 10.0. The van der Waals surface area contributed by atoms with Gasteiger partial charge >= 0.3 is 0 Å². The molecule has 1 unspecified atom stereocenters. The van der Waals surface area contributed by atoms with Crippen LogP contribution in [0.5, 0.6) is 0 Å². The highest BCUT2D eigenvalue weighted by molar-refractivity contribution is 5.92. The molecule has 0 aliphatic heterocycles. The van der Waals surface area contributed by atoms with Crippen molar-refractivity contribution in [3.8, 4) is 0 Å². The van der Waals surface area contributed by atoms with E-state index in [1.54, 1.807) is 18.3 Å². The summed E-state index contributed by atoms with van der Waals surface area (Å²) in [4.78, 5) is 16.7. The number of rotatable bonds is 8. The van der Waals surface area contributed by atoms with Crippen molar-refractivity contribution in [1.29, 1.82) is 0 Å². The Morgan fingerprint density at radius 3 is 2.54 bits per heavy atom. The van der Waals surface area contributed by atoms with Crippen LogP contribution < -0.4 is 21.1 Å². The third-order valence-electron chi connectivity index (χ3n) is 4.26. The predicted octanol–water partition coefficient (Wildman–Crippen LogP) is 3.55. The third-order valence-corrected chi connectivity index (χ3v) is 4.26. The van der Waals surface area contributed by atoms with E-state index in [0.29, 0.717) is 24.4 Å². The van der Waals surface area contributed by atoms with Crippen LogP contribution >= 0.6 is 0 Å². The number of nitrogens with zero attached hydrogens (tertiary/aromatic N) is 1. The first-order valence-corrected chi connectivity index (χ1v) is 9.19. The van der Waals surface area contributed by atoms with Crippen molar-refractivity contribution in [2.45, 2.75) is 26.7 Å². The average molecular weight is 379 g/mol. The lowest BCUT2D eigenvalue weighted by Crippen LogP contribution is -2.30. The summed E-state index contributed by atoms with van der Waals surface area (Å²) in [5, 5.41) is 7.81. The highest BCUT2D eigenvalue weighted by Gasteiger charge is 2.13. The van der Waals surface area contributed by atoms with Gasteiger partial charge in [0.05, 0.1) is 0 Å². The Morgan fingerprint density at radius 2 is 1.89 bits per heavy atom. The van der Waals surface area contributed by atoms with Gasteiger partial charge in [-0.3, -0.25) is 4.79 Å². The van der Waals surface area contributed by atoms with Gasteiger partial charge in [0.25, 0.3) is 0 Å². The minimum Gasteiger partial charge on any atom is -0.344 e. The van der Waals surface area contributed by atoms with Crippen LogP contribution in [0.15, 0.2) is 65.8 Å². The SMILES string of the molecule is C=C(CCC(C)C(=O)Nc1ccc(F)cc1)NC(/N=C\C)=c1\ccccc1=C. The molecule has 0 aliphatic carbocycles. The van der Waals surface area contributed by atoms with Crippen molar-refractivity contribution in [2.24, 2.45) is 10.9 Å². The molecule has 1 atom stereocenters. The van der Waals surface area contributed by atoms with Gasteiger partial charge in [-0.2, -0.15) is 0 Å². The summed E-state index contributed by atoms with van der Waals surface area (Å²) in [5.74, 6) is 0.0146. The van der Waals surface area contributed by atoms with Gasteiger partial charge in [-0.15, -0.1) is 0 Å². The molecule has 1 amide bonds. The molecular formula is C23H26FN3O. The van der Waals surface area contributed by atoms with Crippen LogP contribution in [0.25, 0.3) is 12.4 Å². The summed E-state index contributed by atoms with van der Waals surface area (Å²) in [6.07, 6.45) is 2.94. The molecule has 2 aromatic carbocycles. The molecule has 2 rings (SSSR count). The number of carbonyl (C=O) groups excluding carboxylic acids is 1. The molecule has 0 aromatic heterocycles. The van der Waals surface area contributed by atoms with Crippen molar-refractivity contribution in [1.82, 2.24) is 5.32 Å². The number of hydrogen-bond acceptors (Lipinski definition) is 3. The fourth-order valence-corrected chi connectivity index (χ4v) is 2.60. The van der Waals surface area contributed by atoms with E-state index < -0.39 is 0 Å². The molecule has 0 bridgehead atoms. The zero-order chi connectivity index (χ0) is 20.5. The Bertz CT molecular complexity index is 964. The van der Waals surface area contributed by atoms with Crippen LogP contribution in [0.3, 0.4) is 0 Å². The molecule has 0 radical (unpaired) electrons. The topological polar surface area (TPSA) is 53.5 Å². The van der Waals surface area contributed by atoms with E-state index in [9.17, 15) is 9.18 Å². The Kier molecular flexibility index (Phi) is 7.69. The first-order valence-electron chi connectivity index (χ1n) is 9.19. The number of benzene rings is 2. The van der Waals surface area contributed by atoms with Crippen LogP contribution in [0, 0.1) is 11.7 Å². The second-order valence-corrected chi connectivity index (χ2v) is 6.56. The first-order chi connectivity index (χ1) is 13.4. The molecule has 2 N–H and O–H groups in total. The molecule has 4 nitrogen and oxygen atoms in total. The zero-order valence-corrected chi connectivity index (χ0v) is 16.3. The predicted molar refractivity (Wildman–Crippen MR) is 114 cm³/mol. The van der Waals surface area contributed by atoms with Gasteiger partial charge in [0.2, 0.25) is 5.91 Å². The summed E-state index contributed by atoms with van der Waals surface area (Å²) in [6, 6.07) is 13.4. The van der Waals surface area contributed by atoms with E-state index in [1.807, 2.05) is 38.1 Å². The quantitative estimate of drug-likeness (QED) is 0.689. The van der Waals surface area contributed by atoms with Gasteiger partial charge in [0, 0.05) is 28.7 Å². The Balaban J connectivity index is 1.96. The molecule has 2 aromatic rings. The van der Waals surface area contributed by atoms with Gasteiger partial charge in [0.15, 0.2) is 0 Å². The van der Waals surface area contributed by atoms with Crippen molar-refractivity contribution >= 4 is 30.2 Å². The summed E-state index contributed by atoms with van der Waals surface area (Å²) >= 11 is 0. The number of hydrogen-bond donors (Lipinski definition) is 2. The zero-order valence-electron chi connectivity index (χ0n) is 16.3. The van der Waals surface area contributed by atoms with Crippen LogP contribution in [-0.2, 0) is 4.79 Å². The van der Waals surface area contributed by atoms with Gasteiger partial charge in [-0.25, -0.2) is 9.38 Å². The van der Waals surface area contributed by atoms with E-state index in [0.717, 1.165) is 16.1 Å². The molecule has 5 heteroatoms. The maximum atomic E-state index is 13.0. The van der Waals surface area contributed by atoms with E-state index in [-0.39, 0.29) is 17.6 Å². The average Bonchev–Trinajstić information content (AvgIpc) is 2.68. The molecule has 0 fully saturated rings. The number of halogens is 1. The molecule has 0 saturated carbocycles. The van der Waals surface area contributed by atoms with Crippen molar-refractivity contribution in [3.05, 3.63) is 77.1 Å². The molecule has 0 aliphatic rings. The minimum atomic E-state index is -0.334. The highest BCUT2D eigenvalue weighted by Crippen LogP contribution is 2.15. The number of carbonyl (C=O) groups is 1. The molecule has 28 heavy (non-hydrogen) atoms. The lowest BCUT2D eigenvalue weighted by molar-refractivity contribution is -0.119. The third kappa shape index (κ3) is 6.20. The van der Waals surface area contributed by atoms with Crippen molar-refractivity contribution in [2.75, 3.05) is 5.32 Å². The summed E-state index contributed by atoms with van der Waals surface area (Å²) < 4.78 is 13.0. The number of amides is 1. The molecule has 0 saturated heterocycles. The number of nitrogens with one attached hydrogen (secondary N) is 2. The normalized spacial score (nSPS) is 13.1. The van der Waals surface area contributed by atoms with Gasteiger partial charge in [-0.05, 0) is 49.2 Å². The molecular weight excluding hydrogens is 353 g/mol. The van der Waals surface area contributed by atoms with Gasteiger partial charge in [0.1, 0.15) is 11.6 Å². The van der Waals surface area contributed by atoms with E-state index in [4.69, 9.17) is 0 Å². The van der Waals surface area contributed by atoms with E-state index in [1.165, 1.54) is 12.1 Å². The molecule has 0 heterocycles. The highest BCUT2D eigenvalue weighted by atomic mass is 19.1. The maximum absolute atomic E-state index is 13.0. The maximum Gasteiger partial charge on any atom is 0.227 e. The largest absolute Gasteiger partial charge is 0.344 e. The fraction of sp³-hybridized carbons (Fsp3) is 0.217. The van der Waals surface area contributed by atoms with Crippen LogP contribution in [-0.4, -0.2) is 12.1 Å². The Hall–Kier alpha value is -3.21. The van der Waals surface area contributed by atoms with Crippen LogP contribution in [0.1, 0.15) is 26.7 Å². The summed E-state index contributed by atoms with van der Waals surface area (Å²) in [5.41, 5.74) is 1.35. The van der Waals surface area contributed by atoms with Crippen molar-refractivity contribution in [3.63, 3.8) is 0 Å². The number of aliphatic imine (C=N–C) groups is 1. The second-order valence-electron chi connectivity index (χ2n) is 6.56. The number of anilines is 1. The Morgan fingerprint density at radius 1 is 1.21 bits per heavy atom.